The first-order valence-electron chi connectivity index (χ1n) is 10.2. The molecular weight excluding hydrogens is 396 g/mol. The van der Waals surface area contributed by atoms with E-state index in [2.05, 4.69) is 10.6 Å². The number of esters is 1. The third-order valence-corrected chi connectivity index (χ3v) is 4.56. The lowest BCUT2D eigenvalue weighted by molar-refractivity contribution is -0.143. The summed E-state index contributed by atoms with van der Waals surface area (Å²) in [4.78, 5) is 47.7. The van der Waals surface area contributed by atoms with Crippen molar-refractivity contribution in [3.63, 3.8) is 0 Å². The molecule has 2 amide bonds. The van der Waals surface area contributed by atoms with Gasteiger partial charge in [0.05, 0.1) is 12.5 Å². The maximum atomic E-state index is 12.3. The second-order valence-corrected chi connectivity index (χ2v) is 7.33. The number of carbonyl (C=O) groups is 4. The van der Waals surface area contributed by atoms with Crippen LogP contribution in [0, 0.1) is 6.92 Å². The van der Waals surface area contributed by atoms with Gasteiger partial charge >= 0.3 is 5.97 Å². The van der Waals surface area contributed by atoms with Crippen molar-refractivity contribution in [3.05, 3.63) is 65.2 Å². The Kier molecular flexibility index (Phi) is 8.94. The first kappa shape index (κ1) is 23.8. The van der Waals surface area contributed by atoms with Crippen LogP contribution in [0.3, 0.4) is 0 Å². The number of ether oxygens (including phenoxy) is 1. The van der Waals surface area contributed by atoms with Crippen LogP contribution in [0.4, 0.5) is 5.69 Å². The van der Waals surface area contributed by atoms with E-state index >= 15 is 0 Å². The zero-order chi connectivity index (χ0) is 22.8. The summed E-state index contributed by atoms with van der Waals surface area (Å²) in [5, 5.41) is 5.48. The lowest BCUT2D eigenvalue weighted by Crippen LogP contribution is -2.29. The van der Waals surface area contributed by atoms with Crippen molar-refractivity contribution < 1.29 is 23.9 Å². The zero-order valence-electron chi connectivity index (χ0n) is 18.1. The smallest absolute Gasteiger partial charge is 0.308 e. The molecule has 7 nitrogen and oxygen atoms in total. The van der Waals surface area contributed by atoms with E-state index in [1.807, 2.05) is 38.1 Å². The molecule has 2 aromatic rings. The summed E-state index contributed by atoms with van der Waals surface area (Å²) in [5.41, 5.74) is 2.82. The molecule has 0 saturated carbocycles. The molecule has 0 aromatic heterocycles. The van der Waals surface area contributed by atoms with E-state index in [9.17, 15) is 19.2 Å². The Morgan fingerprint density at radius 1 is 0.968 bits per heavy atom. The van der Waals surface area contributed by atoms with Crippen LogP contribution in [0.1, 0.15) is 60.6 Å². The molecule has 0 fully saturated rings. The van der Waals surface area contributed by atoms with Crippen molar-refractivity contribution in [1.82, 2.24) is 5.32 Å². The van der Waals surface area contributed by atoms with Gasteiger partial charge in [0, 0.05) is 24.6 Å². The van der Waals surface area contributed by atoms with Crippen LogP contribution >= 0.6 is 0 Å². The fourth-order valence-electron chi connectivity index (χ4n) is 2.94. The van der Waals surface area contributed by atoms with E-state index in [1.165, 1.54) is 6.92 Å². The number of Topliss-reactive ketones (excluding diaryl/α,β-unsaturated/α-hetero) is 1. The Hall–Kier alpha value is -3.48. The number of benzene rings is 2. The molecule has 0 saturated heterocycles. The van der Waals surface area contributed by atoms with Gasteiger partial charge in [-0.3, -0.25) is 19.2 Å². The summed E-state index contributed by atoms with van der Waals surface area (Å²) in [6.45, 7) is 4.84. The Morgan fingerprint density at radius 3 is 2.19 bits per heavy atom. The topological polar surface area (TPSA) is 102 Å². The van der Waals surface area contributed by atoms with E-state index in [1.54, 1.807) is 24.3 Å². The lowest BCUT2D eigenvalue weighted by atomic mass is 10.0. The van der Waals surface area contributed by atoms with Gasteiger partial charge in [-0.15, -0.1) is 0 Å². The molecule has 0 aliphatic rings. The molecule has 1 atom stereocenters. The first-order chi connectivity index (χ1) is 14.8. The summed E-state index contributed by atoms with van der Waals surface area (Å²) in [6.07, 6.45) is 1.09. The predicted molar refractivity (Wildman–Crippen MR) is 118 cm³/mol. The Morgan fingerprint density at radius 2 is 1.61 bits per heavy atom. The Bertz CT molecular complexity index is 920. The molecule has 2 aromatic carbocycles. The molecule has 1 unspecified atom stereocenters. The van der Waals surface area contributed by atoms with Gasteiger partial charge in [0.2, 0.25) is 11.8 Å². The fourth-order valence-corrected chi connectivity index (χ4v) is 2.94. The minimum absolute atomic E-state index is 0.0850. The standard InChI is InChI=1S/C24H28N2O5/c1-4-5-23(29)26-20-12-10-19(11-13-20)22(28)15-31-24(30)14-21(25-17(3)27)18-8-6-16(2)7-9-18/h6-13,21H,4-5,14-15H2,1-3H3,(H,25,27)(H,26,29). The second kappa shape index (κ2) is 11.6. The Labute approximate surface area is 182 Å². The highest BCUT2D eigenvalue weighted by molar-refractivity contribution is 5.98. The van der Waals surface area contributed by atoms with Gasteiger partial charge < -0.3 is 15.4 Å². The van der Waals surface area contributed by atoms with Gasteiger partial charge in [-0.2, -0.15) is 0 Å². The molecule has 0 radical (unpaired) electrons. The van der Waals surface area contributed by atoms with Gasteiger partial charge in [0.15, 0.2) is 12.4 Å². The highest BCUT2D eigenvalue weighted by Gasteiger charge is 2.19. The fraction of sp³-hybridized carbons (Fsp3) is 0.333. The molecule has 2 N–H and O–H groups in total. The second-order valence-electron chi connectivity index (χ2n) is 7.33. The minimum Gasteiger partial charge on any atom is -0.457 e. The predicted octanol–water partition coefficient (Wildman–Crippen LogP) is 3.73. The van der Waals surface area contributed by atoms with Gasteiger partial charge in [0.25, 0.3) is 0 Å². The number of carbonyl (C=O) groups excluding carboxylic acids is 4. The highest BCUT2D eigenvalue weighted by Crippen LogP contribution is 2.18. The van der Waals surface area contributed by atoms with Gasteiger partial charge in [-0.25, -0.2) is 0 Å². The number of ketones is 1. The van der Waals surface area contributed by atoms with Crippen molar-refractivity contribution in [1.29, 1.82) is 0 Å². The molecule has 0 aliphatic carbocycles. The normalized spacial score (nSPS) is 11.3. The van der Waals surface area contributed by atoms with E-state index in [0.717, 1.165) is 17.5 Å². The van der Waals surface area contributed by atoms with E-state index < -0.39 is 18.6 Å². The highest BCUT2D eigenvalue weighted by atomic mass is 16.5. The number of aryl methyl sites for hydroxylation is 1. The molecule has 0 aliphatic heterocycles. The average molecular weight is 424 g/mol. The van der Waals surface area contributed by atoms with Crippen molar-refractivity contribution in [2.75, 3.05) is 11.9 Å². The molecule has 0 bridgehead atoms. The summed E-state index contributed by atoms with van der Waals surface area (Å²) in [6, 6.07) is 13.4. The van der Waals surface area contributed by atoms with E-state index in [0.29, 0.717) is 17.7 Å². The molecule has 2 rings (SSSR count). The molecule has 164 valence electrons. The van der Waals surface area contributed by atoms with Gasteiger partial charge in [-0.05, 0) is 43.2 Å². The van der Waals surface area contributed by atoms with Crippen LogP contribution in [-0.4, -0.2) is 30.2 Å². The monoisotopic (exact) mass is 424 g/mol. The first-order valence-corrected chi connectivity index (χ1v) is 10.2. The van der Waals surface area contributed by atoms with Crippen LogP contribution in [0.2, 0.25) is 0 Å². The zero-order valence-corrected chi connectivity index (χ0v) is 18.1. The molecule has 7 heteroatoms. The SMILES string of the molecule is CCCC(=O)Nc1ccc(C(=O)COC(=O)CC(NC(C)=O)c2ccc(C)cc2)cc1. The molecule has 0 heterocycles. The quantitative estimate of drug-likeness (QED) is 0.447. The van der Waals surface area contributed by atoms with Crippen LogP contribution in [0.15, 0.2) is 48.5 Å². The summed E-state index contributed by atoms with van der Waals surface area (Å²) in [5.74, 6) is -1.29. The number of amides is 2. The summed E-state index contributed by atoms with van der Waals surface area (Å²) < 4.78 is 5.13. The molecule has 0 spiro atoms. The van der Waals surface area contributed by atoms with Crippen molar-refractivity contribution >= 4 is 29.3 Å². The van der Waals surface area contributed by atoms with Gasteiger partial charge in [-0.1, -0.05) is 36.8 Å². The van der Waals surface area contributed by atoms with Crippen LogP contribution < -0.4 is 10.6 Å². The van der Waals surface area contributed by atoms with Crippen LogP contribution in [0.5, 0.6) is 0 Å². The summed E-state index contributed by atoms with van der Waals surface area (Å²) in [7, 11) is 0. The summed E-state index contributed by atoms with van der Waals surface area (Å²) >= 11 is 0. The van der Waals surface area contributed by atoms with Crippen molar-refractivity contribution in [2.45, 2.75) is 46.1 Å². The maximum absolute atomic E-state index is 12.3. The number of hydrogen-bond acceptors (Lipinski definition) is 5. The minimum atomic E-state index is -0.587. The Balaban J connectivity index is 1.91. The van der Waals surface area contributed by atoms with Gasteiger partial charge in [0.1, 0.15) is 0 Å². The molecular formula is C24H28N2O5. The third-order valence-electron chi connectivity index (χ3n) is 4.56. The largest absolute Gasteiger partial charge is 0.457 e. The third kappa shape index (κ3) is 8.04. The molecule has 31 heavy (non-hydrogen) atoms. The van der Waals surface area contributed by atoms with E-state index in [4.69, 9.17) is 4.74 Å². The number of nitrogens with one attached hydrogen (secondary N) is 2. The maximum Gasteiger partial charge on any atom is 0.308 e. The number of anilines is 1. The van der Waals surface area contributed by atoms with Crippen molar-refractivity contribution in [3.8, 4) is 0 Å². The van der Waals surface area contributed by atoms with Crippen molar-refractivity contribution in [2.24, 2.45) is 0 Å². The number of rotatable bonds is 10. The van der Waals surface area contributed by atoms with Crippen LogP contribution in [0.25, 0.3) is 0 Å². The average Bonchev–Trinajstić information content (AvgIpc) is 2.72. The number of hydrogen-bond donors (Lipinski definition) is 2. The van der Waals surface area contributed by atoms with E-state index in [-0.39, 0.29) is 24.0 Å². The van der Waals surface area contributed by atoms with Crippen LogP contribution in [-0.2, 0) is 19.1 Å². The lowest BCUT2D eigenvalue weighted by Gasteiger charge is -2.18.